The van der Waals surface area contributed by atoms with E-state index in [2.05, 4.69) is 30.7 Å². The molecule has 1 fully saturated rings. The van der Waals surface area contributed by atoms with Crippen molar-refractivity contribution in [1.82, 2.24) is 0 Å². The summed E-state index contributed by atoms with van der Waals surface area (Å²) in [4.78, 5) is 0. The summed E-state index contributed by atoms with van der Waals surface area (Å²) < 4.78 is 0. The Kier molecular flexibility index (Phi) is 3.70. The summed E-state index contributed by atoms with van der Waals surface area (Å²) in [5, 5.41) is 15.0. The maximum atomic E-state index is 10.7. The lowest BCUT2D eigenvalue weighted by Gasteiger charge is -2.41. The van der Waals surface area contributed by atoms with Gasteiger partial charge in [0.1, 0.15) is 0 Å². The van der Waals surface area contributed by atoms with Crippen LogP contribution in [0.2, 0.25) is 0 Å². The molecular weight excluding hydrogens is 216 g/mol. The van der Waals surface area contributed by atoms with Gasteiger partial charge in [-0.2, -0.15) is 11.3 Å². The molecule has 0 radical (unpaired) electrons. The van der Waals surface area contributed by atoms with Crippen LogP contribution >= 0.6 is 11.3 Å². The smallest absolute Gasteiger partial charge is 0.0678 e. The van der Waals surface area contributed by atoms with Gasteiger partial charge < -0.3 is 5.11 Å². The molecule has 0 aromatic carbocycles. The number of aliphatic hydroxyl groups is 1. The zero-order valence-corrected chi connectivity index (χ0v) is 11.1. The highest BCUT2D eigenvalue weighted by Gasteiger charge is 2.38. The van der Waals surface area contributed by atoms with E-state index in [4.69, 9.17) is 0 Å². The Morgan fingerprint density at radius 3 is 2.94 bits per heavy atom. The molecule has 0 spiro atoms. The van der Waals surface area contributed by atoms with Gasteiger partial charge in [-0.05, 0) is 59.9 Å². The van der Waals surface area contributed by atoms with Crippen molar-refractivity contribution in [3.8, 4) is 0 Å². The van der Waals surface area contributed by atoms with Crippen molar-refractivity contribution in [3.63, 3.8) is 0 Å². The summed E-state index contributed by atoms with van der Waals surface area (Å²) in [5.74, 6) is 1.14. The molecule has 1 nitrogen and oxygen atoms in total. The second kappa shape index (κ2) is 4.89. The Balaban J connectivity index is 1.95. The highest BCUT2D eigenvalue weighted by Crippen LogP contribution is 2.39. The molecule has 0 aliphatic heterocycles. The summed E-state index contributed by atoms with van der Waals surface area (Å²) in [5.41, 5.74) is 0.962. The van der Waals surface area contributed by atoms with E-state index in [1.54, 1.807) is 11.3 Å². The predicted molar refractivity (Wildman–Crippen MR) is 69.8 cm³/mol. The van der Waals surface area contributed by atoms with Crippen molar-refractivity contribution in [2.24, 2.45) is 11.8 Å². The van der Waals surface area contributed by atoms with Crippen molar-refractivity contribution in [3.05, 3.63) is 22.4 Å². The fourth-order valence-electron chi connectivity index (χ4n) is 2.85. The fourth-order valence-corrected chi connectivity index (χ4v) is 3.56. The first-order valence-corrected chi connectivity index (χ1v) is 7.28. The number of hydrogen-bond donors (Lipinski definition) is 1. The molecule has 1 N–H and O–H groups in total. The summed E-state index contributed by atoms with van der Waals surface area (Å²) in [6, 6.07) is 2.17. The third-order valence-electron chi connectivity index (χ3n) is 4.14. The molecule has 0 saturated heterocycles. The fraction of sp³-hybridized carbons (Fsp3) is 0.714. The van der Waals surface area contributed by atoms with Gasteiger partial charge in [-0.15, -0.1) is 0 Å². The molecule has 0 bridgehead atoms. The van der Waals surface area contributed by atoms with Crippen LogP contribution in [0.25, 0.3) is 0 Å². The van der Waals surface area contributed by atoms with Gasteiger partial charge >= 0.3 is 0 Å². The minimum absolute atomic E-state index is 0.417. The lowest BCUT2D eigenvalue weighted by molar-refractivity contribution is -0.0626. The van der Waals surface area contributed by atoms with Gasteiger partial charge in [0.05, 0.1) is 5.60 Å². The SMILES string of the molecule is CC1CCC(C)C(O)(CCc2ccsc2)C1. The minimum atomic E-state index is -0.417. The second-order valence-corrected chi connectivity index (χ2v) is 6.30. The van der Waals surface area contributed by atoms with E-state index in [9.17, 15) is 5.11 Å². The summed E-state index contributed by atoms with van der Waals surface area (Å²) >= 11 is 1.74. The molecule has 3 atom stereocenters. The van der Waals surface area contributed by atoms with E-state index < -0.39 is 5.60 Å². The molecule has 16 heavy (non-hydrogen) atoms. The molecule has 0 amide bonds. The molecule has 2 rings (SSSR count). The van der Waals surface area contributed by atoms with Gasteiger partial charge in [0.2, 0.25) is 0 Å². The predicted octanol–water partition coefficient (Wildman–Crippen LogP) is 3.87. The van der Waals surface area contributed by atoms with Crippen LogP contribution < -0.4 is 0 Å². The van der Waals surface area contributed by atoms with E-state index in [0.717, 1.165) is 19.3 Å². The first kappa shape index (κ1) is 12.1. The van der Waals surface area contributed by atoms with Gasteiger partial charge in [0.15, 0.2) is 0 Å². The normalized spacial score (nSPS) is 35.2. The summed E-state index contributed by atoms with van der Waals surface area (Å²) in [6.07, 6.45) is 5.40. The van der Waals surface area contributed by atoms with Crippen LogP contribution in [0.3, 0.4) is 0 Å². The number of hydrogen-bond acceptors (Lipinski definition) is 2. The van der Waals surface area contributed by atoms with E-state index in [0.29, 0.717) is 11.8 Å². The van der Waals surface area contributed by atoms with E-state index >= 15 is 0 Å². The van der Waals surface area contributed by atoms with Gasteiger partial charge in [0.25, 0.3) is 0 Å². The van der Waals surface area contributed by atoms with E-state index in [1.165, 1.54) is 18.4 Å². The Hall–Kier alpha value is -0.340. The Morgan fingerprint density at radius 1 is 1.44 bits per heavy atom. The number of thiophene rings is 1. The Labute approximate surface area is 103 Å². The van der Waals surface area contributed by atoms with Crippen LogP contribution in [0.4, 0.5) is 0 Å². The largest absolute Gasteiger partial charge is 0.390 e. The van der Waals surface area contributed by atoms with Crippen molar-refractivity contribution in [2.75, 3.05) is 0 Å². The molecule has 1 aliphatic rings. The highest BCUT2D eigenvalue weighted by molar-refractivity contribution is 7.07. The summed E-state index contributed by atoms with van der Waals surface area (Å²) in [6.45, 7) is 4.47. The Morgan fingerprint density at radius 2 is 2.25 bits per heavy atom. The topological polar surface area (TPSA) is 20.2 Å². The van der Waals surface area contributed by atoms with Crippen LogP contribution in [0.5, 0.6) is 0 Å². The molecule has 1 saturated carbocycles. The third kappa shape index (κ3) is 2.67. The van der Waals surface area contributed by atoms with Crippen molar-refractivity contribution in [2.45, 2.75) is 51.6 Å². The third-order valence-corrected chi connectivity index (χ3v) is 4.87. The minimum Gasteiger partial charge on any atom is -0.390 e. The van der Waals surface area contributed by atoms with Crippen LogP contribution in [0.1, 0.15) is 45.1 Å². The van der Waals surface area contributed by atoms with Gasteiger partial charge in [-0.1, -0.05) is 20.3 Å². The lowest BCUT2D eigenvalue weighted by Crippen LogP contribution is -2.42. The number of aryl methyl sites for hydroxylation is 1. The first-order valence-electron chi connectivity index (χ1n) is 6.33. The molecular formula is C14H22OS. The molecule has 90 valence electrons. The quantitative estimate of drug-likeness (QED) is 0.847. The highest BCUT2D eigenvalue weighted by atomic mass is 32.1. The average Bonchev–Trinajstić information content (AvgIpc) is 2.74. The van der Waals surface area contributed by atoms with Crippen LogP contribution in [-0.4, -0.2) is 10.7 Å². The van der Waals surface area contributed by atoms with Crippen LogP contribution in [0.15, 0.2) is 16.8 Å². The molecule has 3 unspecified atom stereocenters. The van der Waals surface area contributed by atoms with Crippen LogP contribution in [-0.2, 0) is 6.42 Å². The number of rotatable bonds is 3. The lowest BCUT2D eigenvalue weighted by atomic mass is 9.70. The standard InChI is InChI=1S/C14H22OS/c1-11-3-4-12(2)14(15,9-11)7-5-13-6-8-16-10-13/h6,8,10-12,15H,3-5,7,9H2,1-2H3. The Bertz CT molecular complexity index is 319. The average molecular weight is 238 g/mol. The molecule has 1 aliphatic carbocycles. The molecule has 1 aromatic heterocycles. The summed E-state index contributed by atoms with van der Waals surface area (Å²) in [7, 11) is 0. The first-order chi connectivity index (χ1) is 7.60. The molecule has 2 heteroatoms. The zero-order chi connectivity index (χ0) is 11.6. The molecule has 1 heterocycles. The zero-order valence-electron chi connectivity index (χ0n) is 10.3. The van der Waals surface area contributed by atoms with Gasteiger partial charge in [-0.3, -0.25) is 0 Å². The van der Waals surface area contributed by atoms with Crippen molar-refractivity contribution >= 4 is 11.3 Å². The second-order valence-electron chi connectivity index (χ2n) is 5.52. The monoisotopic (exact) mass is 238 g/mol. The van der Waals surface area contributed by atoms with Crippen molar-refractivity contribution < 1.29 is 5.11 Å². The van der Waals surface area contributed by atoms with Crippen LogP contribution in [0, 0.1) is 11.8 Å². The maximum absolute atomic E-state index is 10.7. The van der Waals surface area contributed by atoms with Gasteiger partial charge in [0, 0.05) is 0 Å². The maximum Gasteiger partial charge on any atom is 0.0678 e. The van der Waals surface area contributed by atoms with Gasteiger partial charge in [-0.25, -0.2) is 0 Å². The van der Waals surface area contributed by atoms with E-state index in [-0.39, 0.29) is 0 Å². The van der Waals surface area contributed by atoms with Crippen molar-refractivity contribution in [1.29, 1.82) is 0 Å². The van der Waals surface area contributed by atoms with E-state index in [1.807, 2.05) is 0 Å². The molecule has 1 aromatic rings.